The summed E-state index contributed by atoms with van der Waals surface area (Å²) in [5, 5.41) is 13.7. The molecule has 330 valence electrons. The zero-order valence-corrected chi connectivity index (χ0v) is 38.2. The Balaban J connectivity index is 4.35. The molecule has 0 aliphatic carbocycles. The summed E-state index contributed by atoms with van der Waals surface area (Å²) >= 11 is 0. The maximum Gasteiger partial charge on any atom is 0.268 e. The summed E-state index contributed by atoms with van der Waals surface area (Å²) in [6.07, 6.45) is 47.7. The van der Waals surface area contributed by atoms with E-state index in [-0.39, 0.29) is 12.5 Å². The minimum atomic E-state index is -4.59. The summed E-state index contributed by atoms with van der Waals surface area (Å²) in [4.78, 5) is 25.3. The quantitative estimate of drug-likeness (QED) is 0.0275. The molecule has 0 rings (SSSR count). The van der Waals surface area contributed by atoms with Crippen molar-refractivity contribution >= 4 is 13.7 Å². The Kier molecular flexibility index (Phi) is 38.3. The smallest absolute Gasteiger partial charge is 0.268 e. The number of aliphatic hydroxyl groups excluding tert-OH is 1. The first-order valence-electron chi connectivity index (χ1n) is 23.4. The average molecular weight is 811 g/mol. The fourth-order valence-electron chi connectivity index (χ4n) is 6.57. The van der Waals surface area contributed by atoms with Gasteiger partial charge in [0.25, 0.3) is 7.82 Å². The zero-order chi connectivity index (χ0) is 41.4. The molecule has 56 heavy (non-hydrogen) atoms. The Hall–Kier alpha value is -1.28. The van der Waals surface area contributed by atoms with Gasteiger partial charge in [-0.3, -0.25) is 9.36 Å². The van der Waals surface area contributed by atoms with E-state index in [4.69, 9.17) is 9.05 Å². The van der Waals surface area contributed by atoms with Crippen molar-refractivity contribution in [3.8, 4) is 0 Å². The number of hydrogen-bond acceptors (Lipinski definition) is 6. The van der Waals surface area contributed by atoms with Crippen LogP contribution in [0.3, 0.4) is 0 Å². The Bertz CT molecular complexity index is 1010. The lowest BCUT2D eigenvalue weighted by molar-refractivity contribution is -0.870. The normalized spacial score (nSPS) is 14.6. The van der Waals surface area contributed by atoms with Gasteiger partial charge in [-0.25, -0.2) is 0 Å². The number of allylic oxidation sites excluding steroid dienone is 5. The van der Waals surface area contributed by atoms with Crippen molar-refractivity contribution < 1.29 is 32.9 Å². The van der Waals surface area contributed by atoms with Crippen LogP contribution in [-0.4, -0.2) is 68.5 Å². The predicted octanol–water partition coefficient (Wildman–Crippen LogP) is 12.5. The molecular weight excluding hydrogens is 719 g/mol. The molecule has 0 heterocycles. The summed E-state index contributed by atoms with van der Waals surface area (Å²) in [6, 6.07) is -0.902. The van der Waals surface area contributed by atoms with Gasteiger partial charge in [0.05, 0.1) is 39.9 Å². The van der Waals surface area contributed by atoms with E-state index >= 15 is 0 Å². The number of nitrogens with one attached hydrogen (secondary N) is 1. The summed E-state index contributed by atoms with van der Waals surface area (Å²) in [5.74, 6) is -0.210. The molecule has 0 aromatic rings. The molecule has 0 radical (unpaired) electrons. The summed E-state index contributed by atoms with van der Waals surface area (Å²) in [7, 11) is 1.24. The van der Waals surface area contributed by atoms with E-state index < -0.39 is 26.6 Å². The first kappa shape index (κ1) is 54.7. The van der Waals surface area contributed by atoms with Crippen molar-refractivity contribution in [2.24, 2.45) is 0 Å². The van der Waals surface area contributed by atoms with Crippen LogP contribution in [0.1, 0.15) is 206 Å². The molecule has 1 amide bonds. The number of carbonyl (C=O) groups is 1. The zero-order valence-electron chi connectivity index (χ0n) is 37.3. The number of aliphatic hydroxyl groups is 1. The van der Waals surface area contributed by atoms with E-state index in [9.17, 15) is 19.4 Å². The average Bonchev–Trinajstić information content (AvgIpc) is 3.15. The molecule has 0 saturated carbocycles. The van der Waals surface area contributed by atoms with Crippen LogP contribution in [0, 0.1) is 0 Å². The van der Waals surface area contributed by atoms with Gasteiger partial charge in [0.2, 0.25) is 5.91 Å². The third-order valence-corrected chi connectivity index (χ3v) is 11.3. The van der Waals surface area contributed by atoms with Crippen molar-refractivity contribution in [1.82, 2.24) is 5.32 Å². The van der Waals surface area contributed by atoms with Crippen LogP contribution in [0.2, 0.25) is 0 Å². The van der Waals surface area contributed by atoms with Gasteiger partial charge in [0.1, 0.15) is 13.2 Å². The predicted molar refractivity (Wildman–Crippen MR) is 238 cm³/mol. The Labute approximate surface area is 347 Å². The molecule has 3 atom stereocenters. The highest BCUT2D eigenvalue weighted by atomic mass is 31.2. The molecule has 9 heteroatoms. The number of unbranched alkanes of at least 4 members (excludes halogenated alkanes) is 25. The van der Waals surface area contributed by atoms with Gasteiger partial charge < -0.3 is 28.8 Å². The number of carbonyl (C=O) groups excluding carboxylic acids is 1. The monoisotopic (exact) mass is 811 g/mol. The van der Waals surface area contributed by atoms with E-state index in [1.165, 1.54) is 148 Å². The molecule has 0 saturated heterocycles. The van der Waals surface area contributed by atoms with Crippen LogP contribution in [0.4, 0.5) is 0 Å². The van der Waals surface area contributed by atoms with Crippen molar-refractivity contribution in [1.29, 1.82) is 0 Å². The second-order valence-electron chi connectivity index (χ2n) is 17.1. The number of quaternary nitrogens is 1. The second kappa shape index (κ2) is 39.2. The Morgan fingerprint density at radius 2 is 1.00 bits per heavy atom. The minimum absolute atomic E-state index is 0.00664. The fraction of sp³-hybridized carbons (Fsp3) is 0.851. The van der Waals surface area contributed by atoms with Crippen LogP contribution in [-0.2, 0) is 18.4 Å². The molecule has 2 N–H and O–H groups in total. The highest BCUT2D eigenvalue weighted by Crippen LogP contribution is 2.38. The van der Waals surface area contributed by atoms with Crippen LogP contribution >= 0.6 is 7.82 Å². The summed E-state index contributed by atoms with van der Waals surface area (Å²) in [6.45, 7) is 4.61. The lowest BCUT2D eigenvalue weighted by atomic mass is 10.0. The van der Waals surface area contributed by atoms with Gasteiger partial charge >= 0.3 is 0 Å². The molecule has 0 fully saturated rings. The molecule has 0 bridgehead atoms. The van der Waals surface area contributed by atoms with Crippen molar-refractivity contribution in [2.75, 3.05) is 40.9 Å². The van der Waals surface area contributed by atoms with E-state index in [0.29, 0.717) is 17.4 Å². The third-order valence-electron chi connectivity index (χ3n) is 10.3. The van der Waals surface area contributed by atoms with Gasteiger partial charge in [-0.1, -0.05) is 179 Å². The molecule has 0 spiro atoms. The van der Waals surface area contributed by atoms with E-state index in [1.54, 1.807) is 6.08 Å². The van der Waals surface area contributed by atoms with Crippen LogP contribution < -0.4 is 10.2 Å². The maximum atomic E-state index is 12.9. The van der Waals surface area contributed by atoms with E-state index in [1.807, 2.05) is 27.2 Å². The molecular formula is C47H91N2O6P. The lowest BCUT2D eigenvalue weighted by Crippen LogP contribution is -2.45. The van der Waals surface area contributed by atoms with E-state index in [2.05, 4.69) is 43.5 Å². The number of likely N-dealkylation sites (N-methyl/N-ethyl adjacent to an activating group) is 1. The number of amides is 1. The van der Waals surface area contributed by atoms with Gasteiger partial charge in [0, 0.05) is 6.42 Å². The minimum Gasteiger partial charge on any atom is -0.756 e. The van der Waals surface area contributed by atoms with Crippen LogP contribution in [0.25, 0.3) is 0 Å². The Morgan fingerprint density at radius 1 is 0.607 bits per heavy atom. The van der Waals surface area contributed by atoms with Crippen LogP contribution in [0.15, 0.2) is 36.5 Å². The number of phosphoric acid groups is 1. The fourth-order valence-corrected chi connectivity index (χ4v) is 7.30. The molecule has 3 unspecified atom stereocenters. The number of nitrogens with zero attached hydrogens (tertiary/aromatic N) is 1. The topological polar surface area (TPSA) is 108 Å². The summed E-state index contributed by atoms with van der Waals surface area (Å²) < 4.78 is 23.2. The molecule has 8 nitrogen and oxygen atoms in total. The van der Waals surface area contributed by atoms with Gasteiger partial charge in [-0.15, -0.1) is 0 Å². The highest BCUT2D eigenvalue weighted by Gasteiger charge is 2.23. The molecule has 0 aromatic heterocycles. The van der Waals surface area contributed by atoms with Gasteiger partial charge in [-0.05, 0) is 57.8 Å². The van der Waals surface area contributed by atoms with Gasteiger partial charge in [0.15, 0.2) is 0 Å². The van der Waals surface area contributed by atoms with Crippen molar-refractivity contribution in [2.45, 2.75) is 219 Å². The molecule has 0 aromatic carbocycles. The highest BCUT2D eigenvalue weighted by molar-refractivity contribution is 7.45. The lowest BCUT2D eigenvalue weighted by Gasteiger charge is -2.29. The first-order chi connectivity index (χ1) is 27.0. The Morgan fingerprint density at radius 3 is 1.45 bits per heavy atom. The summed E-state index contributed by atoms with van der Waals surface area (Å²) in [5.41, 5.74) is 0. The number of hydrogen-bond donors (Lipinski definition) is 2. The van der Waals surface area contributed by atoms with Crippen molar-refractivity contribution in [3.05, 3.63) is 36.5 Å². The first-order valence-corrected chi connectivity index (χ1v) is 24.8. The van der Waals surface area contributed by atoms with Gasteiger partial charge in [-0.2, -0.15) is 0 Å². The third kappa shape index (κ3) is 40.9. The second-order valence-corrected chi connectivity index (χ2v) is 18.5. The number of phosphoric ester groups is 1. The molecule has 0 aliphatic heterocycles. The molecule has 0 aliphatic rings. The maximum absolute atomic E-state index is 12.9. The standard InChI is InChI=1S/C47H91N2O6P/c1-6-8-10-12-14-16-18-20-21-22-23-24-25-26-27-29-31-33-35-37-39-41-47(51)48-45(44-55-56(52,53)54-43-42-49(3,4)5)46(50)40-38-36-34-32-30-28-19-17-15-13-11-9-7-2/h22-23,30,32,38,40,45-46,50H,6-21,24-29,31,33-37,39,41-44H2,1-5H3,(H-,48,51,52,53)/b23-22-,32-30+,40-38+. The number of rotatable bonds is 42. The van der Waals surface area contributed by atoms with E-state index in [0.717, 1.165) is 38.5 Å². The van der Waals surface area contributed by atoms with Crippen LogP contribution in [0.5, 0.6) is 0 Å². The largest absolute Gasteiger partial charge is 0.756 e. The van der Waals surface area contributed by atoms with Crippen molar-refractivity contribution in [3.63, 3.8) is 0 Å². The SMILES string of the molecule is CCCCCCCCC/C=C/CC/C=C/C(O)C(COP(=O)([O-])OCC[N+](C)(C)C)NC(=O)CCCCCCCCCCC/C=C\CCCCCCCCCC.